The van der Waals surface area contributed by atoms with Gasteiger partial charge in [0.25, 0.3) is 0 Å². The van der Waals surface area contributed by atoms with Gasteiger partial charge >= 0.3 is 0 Å². The van der Waals surface area contributed by atoms with Gasteiger partial charge in [-0.2, -0.15) is 4.98 Å². The van der Waals surface area contributed by atoms with Gasteiger partial charge in [-0.25, -0.2) is 4.98 Å². The molecule has 0 aliphatic heterocycles. The molecule has 0 unspecified atom stereocenters. The van der Waals surface area contributed by atoms with Crippen molar-refractivity contribution in [3.63, 3.8) is 0 Å². The largest absolute Gasteiger partial charge is 0.364 e. The van der Waals surface area contributed by atoms with Crippen molar-refractivity contribution in [3.8, 4) is 0 Å². The van der Waals surface area contributed by atoms with E-state index in [2.05, 4.69) is 61.3 Å². The lowest BCUT2D eigenvalue weighted by Crippen LogP contribution is -2.30. The van der Waals surface area contributed by atoms with Crippen molar-refractivity contribution in [1.82, 2.24) is 9.97 Å². The predicted octanol–water partition coefficient (Wildman–Crippen LogP) is 4.03. The molecule has 2 rings (SSSR count). The summed E-state index contributed by atoms with van der Waals surface area (Å²) >= 11 is 1.71. The van der Waals surface area contributed by atoms with Crippen molar-refractivity contribution in [2.24, 2.45) is 0 Å². The smallest absolute Gasteiger partial charge is 0.226 e. The zero-order valence-electron chi connectivity index (χ0n) is 12.3. The number of aryl methyl sites for hydroxylation is 1. The third kappa shape index (κ3) is 3.15. The fraction of sp³-hybridized carbons (Fsp3) is 0.571. The van der Waals surface area contributed by atoms with Gasteiger partial charge < -0.3 is 10.6 Å². The summed E-state index contributed by atoms with van der Waals surface area (Å²) in [5.74, 6) is 1.63. The molecule has 2 heterocycles. The van der Waals surface area contributed by atoms with Crippen molar-refractivity contribution in [3.05, 3.63) is 10.9 Å². The van der Waals surface area contributed by atoms with Crippen molar-refractivity contribution in [2.75, 3.05) is 17.2 Å². The van der Waals surface area contributed by atoms with E-state index in [1.54, 1.807) is 11.3 Å². The van der Waals surface area contributed by atoms with Gasteiger partial charge in [-0.15, -0.1) is 11.3 Å². The first-order chi connectivity index (χ1) is 8.95. The Morgan fingerprint density at radius 3 is 2.63 bits per heavy atom. The Morgan fingerprint density at radius 2 is 2.00 bits per heavy atom. The second kappa shape index (κ2) is 5.33. The normalized spacial score (nSPS) is 11.8. The SMILES string of the molecule is CCNc1nc(NC(C)(C)CC)c2cc(C)sc2n1. The third-order valence-corrected chi connectivity index (χ3v) is 4.14. The van der Waals surface area contributed by atoms with Crippen LogP contribution >= 0.6 is 11.3 Å². The van der Waals surface area contributed by atoms with Gasteiger partial charge in [0.15, 0.2) is 0 Å². The molecule has 5 heteroatoms. The lowest BCUT2D eigenvalue weighted by molar-refractivity contribution is 0.546. The molecule has 4 nitrogen and oxygen atoms in total. The summed E-state index contributed by atoms with van der Waals surface area (Å²) in [4.78, 5) is 11.5. The summed E-state index contributed by atoms with van der Waals surface area (Å²) in [6.07, 6.45) is 1.04. The van der Waals surface area contributed by atoms with Crippen LogP contribution in [0.15, 0.2) is 6.07 Å². The molecule has 0 saturated carbocycles. The van der Waals surface area contributed by atoms with Crippen LogP contribution in [0.1, 0.15) is 39.0 Å². The lowest BCUT2D eigenvalue weighted by atomic mass is 10.0. The monoisotopic (exact) mass is 278 g/mol. The highest BCUT2D eigenvalue weighted by molar-refractivity contribution is 7.18. The second-order valence-corrected chi connectivity index (χ2v) is 6.60. The molecule has 2 N–H and O–H groups in total. The van der Waals surface area contributed by atoms with Crippen LogP contribution in [0.2, 0.25) is 0 Å². The van der Waals surface area contributed by atoms with Crippen LogP contribution in [0, 0.1) is 6.92 Å². The first-order valence-electron chi connectivity index (χ1n) is 6.75. The minimum absolute atomic E-state index is 0.0284. The van der Waals surface area contributed by atoms with Crippen LogP contribution < -0.4 is 10.6 Å². The summed E-state index contributed by atoms with van der Waals surface area (Å²) in [5.41, 5.74) is 0.0284. The number of anilines is 2. The van der Waals surface area contributed by atoms with E-state index in [0.29, 0.717) is 5.95 Å². The zero-order chi connectivity index (χ0) is 14.0. The summed E-state index contributed by atoms with van der Waals surface area (Å²) in [6.45, 7) is 11.5. The van der Waals surface area contributed by atoms with Gasteiger partial charge in [0.1, 0.15) is 10.6 Å². The molecule has 104 valence electrons. The van der Waals surface area contributed by atoms with E-state index in [-0.39, 0.29) is 5.54 Å². The summed E-state index contributed by atoms with van der Waals surface area (Å²) in [7, 11) is 0. The van der Waals surface area contributed by atoms with Crippen LogP contribution in [-0.4, -0.2) is 22.1 Å². The van der Waals surface area contributed by atoms with E-state index in [9.17, 15) is 0 Å². The van der Waals surface area contributed by atoms with E-state index >= 15 is 0 Å². The number of hydrogen-bond donors (Lipinski definition) is 2. The van der Waals surface area contributed by atoms with Gasteiger partial charge in [-0.3, -0.25) is 0 Å². The number of thiophene rings is 1. The van der Waals surface area contributed by atoms with E-state index in [4.69, 9.17) is 0 Å². The third-order valence-electron chi connectivity index (χ3n) is 3.19. The quantitative estimate of drug-likeness (QED) is 0.867. The first kappa shape index (κ1) is 14.1. The topological polar surface area (TPSA) is 49.8 Å². The van der Waals surface area contributed by atoms with Crippen molar-refractivity contribution in [1.29, 1.82) is 0 Å². The molecular weight excluding hydrogens is 256 g/mol. The van der Waals surface area contributed by atoms with E-state index < -0.39 is 0 Å². The molecule has 0 bridgehead atoms. The number of nitrogens with one attached hydrogen (secondary N) is 2. The maximum absolute atomic E-state index is 4.61. The van der Waals surface area contributed by atoms with Gasteiger partial charge in [0.2, 0.25) is 5.95 Å². The summed E-state index contributed by atoms with van der Waals surface area (Å²) in [6, 6.07) is 2.16. The van der Waals surface area contributed by atoms with Crippen molar-refractivity contribution >= 4 is 33.3 Å². The molecule has 0 aliphatic rings. The van der Waals surface area contributed by atoms with Crippen LogP contribution in [0.3, 0.4) is 0 Å². The standard InChI is InChI=1S/C14H22N4S/c1-6-14(4,5)18-11-10-8-9(3)19-12(10)17-13(16-11)15-7-2/h8H,6-7H2,1-5H3,(H2,15,16,17,18). The first-order valence-corrected chi connectivity index (χ1v) is 7.57. The van der Waals surface area contributed by atoms with Gasteiger partial charge in [-0.1, -0.05) is 6.92 Å². The molecule has 0 fully saturated rings. The summed E-state index contributed by atoms with van der Waals surface area (Å²) in [5, 5.41) is 7.85. The number of nitrogens with zero attached hydrogens (tertiary/aromatic N) is 2. The molecule has 0 atom stereocenters. The number of rotatable bonds is 5. The van der Waals surface area contributed by atoms with E-state index in [1.807, 2.05) is 0 Å². The number of fused-ring (bicyclic) bond motifs is 1. The Labute approximate surface area is 118 Å². The van der Waals surface area contributed by atoms with E-state index in [1.165, 1.54) is 4.88 Å². The van der Waals surface area contributed by atoms with Crippen LogP contribution in [0.5, 0.6) is 0 Å². The van der Waals surface area contributed by atoms with Crippen molar-refractivity contribution < 1.29 is 0 Å². The van der Waals surface area contributed by atoms with Gasteiger partial charge in [-0.05, 0) is 40.2 Å². The number of hydrogen-bond acceptors (Lipinski definition) is 5. The molecule has 0 spiro atoms. The highest BCUT2D eigenvalue weighted by Gasteiger charge is 2.18. The Hall–Kier alpha value is -1.36. The van der Waals surface area contributed by atoms with Gasteiger partial charge in [0, 0.05) is 17.0 Å². The molecule has 19 heavy (non-hydrogen) atoms. The highest BCUT2D eigenvalue weighted by atomic mass is 32.1. The molecule has 0 radical (unpaired) electrons. The fourth-order valence-corrected chi connectivity index (χ4v) is 2.66. The minimum atomic E-state index is 0.0284. The predicted molar refractivity (Wildman–Crippen MR) is 84.3 cm³/mol. The molecule has 2 aromatic rings. The van der Waals surface area contributed by atoms with Crippen LogP contribution in [-0.2, 0) is 0 Å². The maximum Gasteiger partial charge on any atom is 0.226 e. The van der Waals surface area contributed by atoms with E-state index in [0.717, 1.165) is 29.0 Å². The Morgan fingerprint density at radius 1 is 1.26 bits per heavy atom. The maximum atomic E-state index is 4.61. The second-order valence-electron chi connectivity index (χ2n) is 5.36. The van der Waals surface area contributed by atoms with Crippen molar-refractivity contribution in [2.45, 2.75) is 46.6 Å². The minimum Gasteiger partial charge on any atom is -0.364 e. The lowest BCUT2D eigenvalue weighted by Gasteiger charge is -2.25. The molecule has 0 aliphatic carbocycles. The Bertz CT molecular complexity index is 574. The molecule has 0 saturated heterocycles. The molecule has 0 aromatic carbocycles. The molecular formula is C14H22N4S. The number of aromatic nitrogens is 2. The zero-order valence-corrected chi connectivity index (χ0v) is 13.1. The Kier molecular flexibility index (Phi) is 3.94. The molecule has 0 amide bonds. The van der Waals surface area contributed by atoms with Crippen LogP contribution in [0.25, 0.3) is 10.2 Å². The summed E-state index contributed by atoms with van der Waals surface area (Å²) < 4.78 is 0. The average Bonchev–Trinajstić information content (AvgIpc) is 2.70. The highest BCUT2D eigenvalue weighted by Crippen LogP contribution is 2.31. The van der Waals surface area contributed by atoms with Gasteiger partial charge in [0.05, 0.1) is 5.39 Å². The Balaban J connectivity index is 2.49. The van der Waals surface area contributed by atoms with Crippen LogP contribution in [0.4, 0.5) is 11.8 Å². The fourth-order valence-electron chi connectivity index (χ4n) is 1.78. The molecule has 2 aromatic heterocycles. The average molecular weight is 278 g/mol.